The van der Waals surface area contributed by atoms with Gasteiger partial charge in [0, 0.05) is 12.6 Å². The van der Waals surface area contributed by atoms with E-state index in [4.69, 9.17) is 22.1 Å². The summed E-state index contributed by atoms with van der Waals surface area (Å²) in [5, 5.41) is -0.332. The molecule has 0 fully saturated rings. The van der Waals surface area contributed by atoms with Crippen molar-refractivity contribution in [2.24, 2.45) is 10.7 Å². The van der Waals surface area contributed by atoms with Gasteiger partial charge in [-0.25, -0.2) is 0 Å². The quantitative estimate of drug-likeness (QED) is 0.712. The molecule has 0 spiro atoms. The standard InChI is InChI=1S/C19H17ClF3N3O2.ClH/c1-18(10-28-9-16(24)26-18)12-4-2-3-11(5-12)6-15(27)17-14(20)7-13(8-25-17)19(21,22)23;/h2-5,7-8H,6,9-10H2,1H3,(H2,24,26);1H. The fourth-order valence-corrected chi connectivity index (χ4v) is 3.24. The number of ketones is 1. The molecule has 1 atom stereocenters. The number of amidine groups is 1. The van der Waals surface area contributed by atoms with Crippen molar-refractivity contribution in [2.75, 3.05) is 13.2 Å². The van der Waals surface area contributed by atoms with Gasteiger partial charge in [0.15, 0.2) is 5.78 Å². The van der Waals surface area contributed by atoms with Crippen LogP contribution >= 0.6 is 24.0 Å². The molecular weight excluding hydrogens is 430 g/mol. The fourth-order valence-electron chi connectivity index (χ4n) is 2.97. The Bertz CT molecular complexity index is 951. The van der Waals surface area contributed by atoms with Gasteiger partial charge in [-0.2, -0.15) is 13.2 Å². The number of carbonyl (C=O) groups is 1. The lowest BCUT2D eigenvalue weighted by Crippen LogP contribution is -2.37. The molecule has 0 radical (unpaired) electrons. The maximum atomic E-state index is 12.7. The van der Waals surface area contributed by atoms with E-state index >= 15 is 0 Å². The number of hydrogen-bond donors (Lipinski definition) is 1. The highest BCUT2D eigenvalue weighted by molar-refractivity contribution is 6.33. The van der Waals surface area contributed by atoms with Crippen molar-refractivity contribution >= 4 is 35.6 Å². The van der Waals surface area contributed by atoms with Gasteiger partial charge in [0.25, 0.3) is 0 Å². The zero-order chi connectivity index (χ0) is 20.5. The third kappa shape index (κ3) is 5.26. The summed E-state index contributed by atoms with van der Waals surface area (Å²) in [6.45, 7) is 2.48. The van der Waals surface area contributed by atoms with Crippen LogP contribution in [-0.4, -0.2) is 29.8 Å². The molecule has 3 rings (SSSR count). The number of halogens is 5. The topological polar surface area (TPSA) is 77.6 Å². The minimum absolute atomic E-state index is 0. The summed E-state index contributed by atoms with van der Waals surface area (Å²) in [6, 6.07) is 7.85. The number of hydrogen-bond acceptors (Lipinski definition) is 5. The molecule has 2 aromatic rings. The third-order valence-electron chi connectivity index (χ3n) is 4.37. The van der Waals surface area contributed by atoms with Crippen LogP contribution in [0.1, 0.15) is 34.1 Å². The van der Waals surface area contributed by atoms with Crippen molar-refractivity contribution in [3.05, 3.63) is 63.9 Å². The van der Waals surface area contributed by atoms with E-state index in [2.05, 4.69) is 9.98 Å². The highest BCUT2D eigenvalue weighted by Gasteiger charge is 2.32. The second-order valence-corrected chi connectivity index (χ2v) is 7.13. The number of Topliss-reactive ketones (excluding diaryl/α,β-unsaturated/α-hetero) is 1. The summed E-state index contributed by atoms with van der Waals surface area (Å²) >= 11 is 5.86. The minimum atomic E-state index is -4.58. The molecule has 5 nitrogen and oxygen atoms in total. The highest BCUT2D eigenvalue weighted by Crippen LogP contribution is 2.32. The maximum Gasteiger partial charge on any atom is 0.417 e. The molecule has 29 heavy (non-hydrogen) atoms. The predicted molar refractivity (Wildman–Crippen MR) is 106 cm³/mol. The predicted octanol–water partition coefficient (Wildman–Crippen LogP) is 4.20. The van der Waals surface area contributed by atoms with E-state index in [0.29, 0.717) is 30.3 Å². The van der Waals surface area contributed by atoms with Crippen molar-refractivity contribution in [3.63, 3.8) is 0 Å². The molecule has 1 aromatic carbocycles. The highest BCUT2D eigenvalue weighted by atomic mass is 35.5. The van der Waals surface area contributed by atoms with Crippen molar-refractivity contribution in [1.29, 1.82) is 0 Å². The summed E-state index contributed by atoms with van der Waals surface area (Å²) < 4.78 is 43.6. The molecule has 0 aliphatic carbocycles. The van der Waals surface area contributed by atoms with E-state index < -0.39 is 23.1 Å². The normalized spacial score (nSPS) is 19.3. The lowest BCUT2D eigenvalue weighted by Gasteiger charge is -2.30. The Balaban J connectivity index is 0.00000300. The SMILES string of the molecule is CC1(c2cccc(CC(=O)c3ncc(C(F)(F)F)cc3Cl)c2)COCC(N)=N1.Cl. The van der Waals surface area contributed by atoms with Crippen molar-refractivity contribution in [3.8, 4) is 0 Å². The molecule has 1 aliphatic heterocycles. The molecule has 0 amide bonds. The zero-order valence-electron chi connectivity index (χ0n) is 15.3. The fraction of sp³-hybridized carbons (Fsp3) is 0.316. The summed E-state index contributed by atoms with van der Waals surface area (Å²) in [7, 11) is 0. The Morgan fingerprint density at radius 2 is 2.07 bits per heavy atom. The molecule has 1 aliphatic rings. The lowest BCUT2D eigenvalue weighted by molar-refractivity contribution is -0.137. The van der Waals surface area contributed by atoms with E-state index in [1.165, 1.54) is 0 Å². The number of rotatable bonds is 4. The summed E-state index contributed by atoms with van der Waals surface area (Å²) in [6.07, 6.45) is -4.04. The van der Waals surface area contributed by atoms with Gasteiger partial charge in [-0.3, -0.25) is 14.8 Å². The van der Waals surface area contributed by atoms with Gasteiger partial charge in [-0.05, 0) is 24.1 Å². The van der Waals surface area contributed by atoms with Crippen LogP contribution in [0.2, 0.25) is 5.02 Å². The van der Waals surface area contributed by atoms with Crippen LogP contribution in [0, 0.1) is 0 Å². The first-order chi connectivity index (χ1) is 13.1. The van der Waals surface area contributed by atoms with Gasteiger partial charge < -0.3 is 10.5 Å². The van der Waals surface area contributed by atoms with Crippen molar-refractivity contribution < 1.29 is 22.7 Å². The molecule has 0 saturated heterocycles. The summed E-state index contributed by atoms with van der Waals surface area (Å²) in [5.41, 5.74) is 5.36. The third-order valence-corrected chi connectivity index (χ3v) is 4.66. The van der Waals surface area contributed by atoms with Crippen molar-refractivity contribution in [2.45, 2.75) is 25.1 Å². The van der Waals surface area contributed by atoms with Gasteiger partial charge in [0.2, 0.25) is 0 Å². The van der Waals surface area contributed by atoms with E-state index in [-0.39, 0.29) is 36.2 Å². The number of pyridine rings is 1. The van der Waals surface area contributed by atoms with Crippen LogP contribution in [0.5, 0.6) is 0 Å². The molecule has 2 N–H and O–H groups in total. The first-order valence-electron chi connectivity index (χ1n) is 8.36. The number of nitrogens with two attached hydrogens (primary N) is 1. The Morgan fingerprint density at radius 1 is 1.34 bits per heavy atom. The first kappa shape index (κ1) is 23.1. The number of nitrogens with zero attached hydrogens (tertiary/aromatic N) is 2. The van der Waals surface area contributed by atoms with Crippen LogP contribution in [0.4, 0.5) is 13.2 Å². The Morgan fingerprint density at radius 3 is 2.69 bits per heavy atom. The Kier molecular flexibility index (Phi) is 6.93. The minimum Gasteiger partial charge on any atom is -0.386 e. The van der Waals surface area contributed by atoms with E-state index in [1.807, 2.05) is 13.0 Å². The van der Waals surface area contributed by atoms with Gasteiger partial charge in [0.05, 0.1) is 17.2 Å². The van der Waals surface area contributed by atoms with Gasteiger partial charge in [0.1, 0.15) is 23.7 Å². The van der Waals surface area contributed by atoms with Crippen LogP contribution in [0.25, 0.3) is 0 Å². The van der Waals surface area contributed by atoms with Crippen LogP contribution < -0.4 is 5.73 Å². The summed E-state index contributed by atoms with van der Waals surface area (Å²) in [4.78, 5) is 20.6. The molecule has 1 unspecified atom stereocenters. The molecule has 0 saturated carbocycles. The number of carbonyl (C=O) groups excluding carboxylic acids is 1. The van der Waals surface area contributed by atoms with Crippen LogP contribution in [0.3, 0.4) is 0 Å². The number of benzene rings is 1. The Hall–Kier alpha value is -2.16. The van der Waals surface area contributed by atoms with E-state index in [1.54, 1.807) is 18.2 Å². The number of aliphatic imine (C=N–C) groups is 1. The number of aromatic nitrogens is 1. The number of alkyl halides is 3. The maximum absolute atomic E-state index is 12.7. The zero-order valence-corrected chi connectivity index (χ0v) is 16.9. The second kappa shape index (κ2) is 8.69. The molecule has 1 aromatic heterocycles. The smallest absolute Gasteiger partial charge is 0.386 e. The monoisotopic (exact) mass is 447 g/mol. The average molecular weight is 448 g/mol. The average Bonchev–Trinajstić information content (AvgIpc) is 2.61. The first-order valence-corrected chi connectivity index (χ1v) is 8.73. The largest absolute Gasteiger partial charge is 0.417 e. The molecule has 2 heterocycles. The molecule has 0 bridgehead atoms. The number of ether oxygens (including phenoxy) is 1. The molecule has 156 valence electrons. The Labute approximate surface area is 176 Å². The molecule has 10 heteroatoms. The van der Waals surface area contributed by atoms with E-state index in [9.17, 15) is 18.0 Å². The second-order valence-electron chi connectivity index (χ2n) is 6.72. The van der Waals surface area contributed by atoms with E-state index in [0.717, 1.165) is 5.56 Å². The van der Waals surface area contributed by atoms with Gasteiger partial charge in [-0.1, -0.05) is 35.9 Å². The van der Waals surface area contributed by atoms with Crippen molar-refractivity contribution in [1.82, 2.24) is 4.98 Å². The molecular formula is C19H18Cl2F3N3O2. The van der Waals surface area contributed by atoms with Gasteiger partial charge >= 0.3 is 6.18 Å². The van der Waals surface area contributed by atoms with Crippen LogP contribution in [0.15, 0.2) is 41.5 Å². The summed E-state index contributed by atoms with van der Waals surface area (Å²) in [5.74, 6) is -0.0973. The van der Waals surface area contributed by atoms with Gasteiger partial charge in [-0.15, -0.1) is 12.4 Å². The lowest BCUT2D eigenvalue weighted by atomic mass is 9.90. The van der Waals surface area contributed by atoms with Crippen LogP contribution in [-0.2, 0) is 22.9 Å².